The lowest BCUT2D eigenvalue weighted by Crippen LogP contribution is -2.32. The van der Waals surface area contributed by atoms with Gasteiger partial charge < -0.3 is 10.2 Å². The van der Waals surface area contributed by atoms with Crippen molar-refractivity contribution in [1.29, 1.82) is 0 Å². The van der Waals surface area contributed by atoms with Crippen LogP contribution in [0.5, 0.6) is 0 Å². The van der Waals surface area contributed by atoms with Gasteiger partial charge in [0, 0.05) is 24.7 Å². The molecule has 21 heavy (non-hydrogen) atoms. The number of benzene rings is 2. The first-order chi connectivity index (χ1) is 10.2. The monoisotopic (exact) mass is 284 g/mol. The Labute approximate surface area is 123 Å². The van der Waals surface area contributed by atoms with E-state index in [0.717, 1.165) is 19.5 Å². The van der Waals surface area contributed by atoms with Crippen molar-refractivity contribution in [3.05, 3.63) is 66.0 Å². The van der Waals surface area contributed by atoms with Crippen LogP contribution in [0.25, 0.3) is 0 Å². The quantitative estimate of drug-likeness (QED) is 0.892. The summed E-state index contributed by atoms with van der Waals surface area (Å²) in [7, 11) is 0. The minimum atomic E-state index is -0.307. The second-order valence-corrected chi connectivity index (χ2v) is 5.28. The van der Waals surface area contributed by atoms with E-state index in [-0.39, 0.29) is 11.8 Å². The Morgan fingerprint density at radius 3 is 2.52 bits per heavy atom. The molecule has 0 bridgehead atoms. The summed E-state index contributed by atoms with van der Waals surface area (Å²) in [5.74, 6) is 0.0866. The summed E-state index contributed by atoms with van der Waals surface area (Å²) < 4.78 is 12.8. The number of carbonyl (C=O) groups is 1. The predicted octanol–water partition coefficient (Wildman–Crippen LogP) is 3.85. The molecule has 0 radical (unpaired) electrons. The van der Waals surface area contributed by atoms with Gasteiger partial charge in [0.05, 0.1) is 0 Å². The van der Waals surface area contributed by atoms with Crippen LogP contribution in [0.3, 0.4) is 0 Å². The van der Waals surface area contributed by atoms with Crippen molar-refractivity contribution in [3.63, 3.8) is 0 Å². The normalized spacial score (nSPS) is 17.8. The van der Waals surface area contributed by atoms with Crippen molar-refractivity contribution in [1.82, 2.24) is 4.90 Å². The van der Waals surface area contributed by atoms with E-state index in [2.05, 4.69) is 17.4 Å². The van der Waals surface area contributed by atoms with E-state index in [9.17, 15) is 9.18 Å². The Morgan fingerprint density at radius 2 is 1.81 bits per heavy atom. The van der Waals surface area contributed by atoms with Crippen LogP contribution in [0.1, 0.15) is 17.9 Å². The van der Waals surface area contributed by atoms with Crippen LogP contribution >= 0.6 is 0 Å². The molecule has 0 aromatic heterocycles. The maximum Gasteiger partial charge on any atom is 0.321 e. The van der Waals surface area contributed by atoms with Crippen molar-refractivity contribution in [2.45, 2.75) is 12.3 Å². The highest BCUT2D eigenvalue weighted by Crippen LogP contribution is 2.27. The van der Waals surface area contributed by atoms with Crippen LogP contribution in [0.2, 0.25) is 0 Å². The third-order valence-electron chi connectivity index (χ3n) is 3.84. The molecule has 1 fully saturated rings. The number of carbonyl (C=O) groups excluding carboxylic acids is 1. The third-order valence-corrected chi connectivity index (χ3v) is 3.84. The van der Waals surface area contributed by atoms with Crippen LogP contribution < -0.4 is 5.32 Å². The minimum Gasteiger partial charge on any atom is -0.324 e. The smallest absolute Gasteiger partial charge is 0.321 e. The highest BCUT2D eigenvalue weighted by Gasteiger charge is 2.27. The fourth-order valence-electron chi connectivity index (χ4n) is 2.68. The topological polar surface area (TPSA) is 32.3 Å². The molecule has 2 aromatic rings. The molecule has 1 aliphatic rings. The first-order valence-electron chi connectivity index (χ1n) is 7.09. The third kappa shape index (κ3) is 3.21. The average Bonchev–Trinajstić information content (AvgIpc) is 3.00. The van der Waals surface area contributed by atoms with Gasteiger partial charge in [-0.15, -0.1) is 0 Å². The van der Waals surface area contributed by atoms with E-state index in [1.54, 1.807) is 17.0 Å². The molecule has 0 aliphatic carbocycles. The fourth-order valence-corrected chi connectivity index (χ4v) is 2.68. The molecule has 2 aromatic carbocycles. The van der Waals surface area contributed by atoms with Gasteiger partial charge in [-0.3, -0.25) is 0 Å². The summed E-state index contributed by atoms with van der Waals surface area (Å²) in [4.78, 5) is 14.0. The summed E-state index contributed by atoms with van der Waals surface area (Å²) in [5, 5.41) is 2.80. The van der Waals surface area contributed by atoms with Gasteiger partial charge in [0.1, 0.15) is 5.82 Å². The highest BCUT2D eigenvalue weighted by molar-refractivity contribution is 5.89. The molecule has 1 unspecified atom stereocenters. The number of hydrogen-bond donors (Lipinski definition) is 1. The number of halogens is 1. The Hall–Kier alpha value is -2.36. The van der Waals surface area contributed by atoms with Crippen molar-refractivity contribution in [2.75, 3.05) is 18.4 Å². The minimum absolute atomic E-state index is 0.125. The van der Waals surface area contributed by atoms with Gasteiger partial charge in [-0.2, -0.15) is 0 Å². The van der Waals surface area contributed by atoms with Gasteiger partial charge in [0.15, 0.2) is 0 Å². The van der Waals surface area contributed by atoms with Crippen molar-refractivity contribution >= 4 is 11.7 Å². The number of rotatable bonds is 2. The zero-order chi connectivity index (χ0) is 14.7. The summed E-state index contributed by atoms with van der Waals surface area (Å²) in [6, 6.07) is 15.9. The Kier molecular flexibility index (Phi) is 3.86. The summed E-state index contributed by atoms with van der Waals surface area (Å²) >= 11 is 0. The van der Waals surface area contributed by atoms with Gasteiger partial charge in [-0.25, -0.2) is 9.18 Å². The molecule has 1 saturated heterocycles. The van der Waals surface area contributed by atoms with Gasteiger partial charge in [0.25, 0.3) is 0 Å². The van der Waals surface area contributed by atoms with Crippen LogP contribution in [0.15, 0.2) is 54.6 Å². The number of nitrogens with zero attached hydrogens (tertiary/aromatic N) is 1. The standard InChI is InChI=1S/C17H17FN2O/c18-15-6-8-16(9-7-15)19-17(21)20-11-10-14(12-20)13-4-2-1-3-5-13/h1-9,14H,10-12H2,(H,19,21). The lowest BCUT2D eigenvalue weighted by Gasteiger charge is -2.17. The lowest BCUT2D eigenvalue weighted by atomic mass is 9.99. The van der Waals surface area contributed by atoms with E-state index in [4.69, 9.17) is 0 Å². The maximum absolute atomic E-state index is 12.8. The SMILES string of the molecule is O=C(Nc1ccc(F)cc1)N1CCC(c2ccccc2)C1. The highest BCUT2D eigenvalue weighted by atomic mass is 19.1. The van der Waals surface area contributed by atoms with E-state index in [0.29, 0.717) is 11.6 Å². The van der Waals surface area contributed by atoms with E-state index in [1.165, 1.54) is 17.7 Å². The number of urea groups is 1. The Morgan fingerprint density at radius 1 is 1.10 bits per heavy atom. The second kappa shape index (κ2) is 5.95. The number of anilines is 1. The second-order valence-electron chi connectivity index (χ2n) is 5.28. The van der Waals surface area contributed by atoms with Crippen LogP contribution in [-0.4, -0.2) is 24.0 Å². The van der Waals surface area contributed by atoms with Gasteiger partial charge in [0.2, 0.25) is 0 Å². The molecule has 0 spiro atoms. The molecule has 0 saturated carbocycles. The van der Waals surface area contributed by atoms with Crippen LogP contribution in [0.4, 0.5) is 14.9 Å². The van der Waals surface area contributed by atoms with E-state index >= 15 is 0 Å². The van der Waals surface area contributed by atoms with E-state index in [1.807, 2.05) is 18.2 Å². The van der Waals surface area contributed by atoms with Crippen molar-refractivity contribution in [3.8, 4) is 0 Å². The summed E-state index contributed by atoms with van der Waals surface area (Å²) in [6.07, 6.45) is 0.973. The molecule has 3 nitrogen and oxygen atoms in total. The van der Waals surface area contributed by atoms with Crippen molar-refractivity contribution < 1.29 is 9.18 Å². The molecule has 1 aliphatic heterocycles. The fraction of sp³-hybridized carbons (Fsp3) is 0.235. The lowest BCUT2D eigenvalue weighted by molar-refractivity contribution is 0.222. The molecule has 1 atom stereocenters. The molecule has 1 heterocycles. The number of likely N-dealkylation sites (tertiary alicyclic amines) is 1. The predicted molar refractivity (Wildman–Crippen MR) is 80.8 cm³/mol. The summed E-state index contributed by atoms with van der Waals surface area (Å²) in [5.41, 5.74) is 1.89. The number of amides is 2. The molecule has 4 heteroatoms. The van der Waals surface area contributed by atoms with Gasteiger partial charge in [-0.1, -0.05) is 30.3 Å². The Balaban J connectivity index is 1.61. The largest absolute Gasteiger partial charge is 0.324 e. The van der Waals surface area contributed by atoms with Gasteiger partial charge >= 0.3 is 6.03 Å². The maximum atomic E-state index is 12.8. The first kappa shape index (κ1) is 13.6. The van der Waals surface area contributed by atoms with Crippen molar-refractivity contribution in [2.24, 2.45) is 0 Å². The average molecular weight is 284 g/mol. The molecular formula is C17H17FN2O. The van der Waals surface area contributed by atoms with Gasteiger partial charge in [-0.05, 0) is 36.2 Å². The zero-order valence-corrected chi connectivity index (χ0v) is 11.6. The Bertz CT molecular complexity index is 612. The summed E-state index contributed by atoms with van der Waals surface area (Å²) in [6.45, 7) is 1.46. The van der Waals surface area contributed by atoms with E-state index < -0.39 is 0 Å². The molecule has 3 rings (SSSR count). The first-order valence-corrected chi connectivity index (χ1v) is 7.09. The van der Waals surface area contributed by atoms with Crippen LogP contribution in [0, 0.1) is 5.82 Å². The number of nitrogens with one attached hydrogen (secondary N) is 1. The molecular weight excluding hydrogens is 267 g/mol. The molecule has 2 amide bonds. The number of hydrogen-bond acceptors (Lipinski definition) is 1. The zero-order valence-electron chi connectivity index (χ0n) is 11.6. The molecule has 108 valence electrons. The van der Waals surface area contributed by atoms with Crippen LogP contribution in [-0.2, 0) is 0 Å². The molecule has 1 N–H and O–H groups in total.